The molecule has 1 aliphatic rings. The zero-order valence-electron chi connectivity index (χ0n) is 16.7. The number of aliphatic hydroxyl groups excluding tert-OH is 4. The van der Waals surface area contributed by atoms with Crippen molar-refractivity contribution in [2.24, 2.45) is 0 Å². The second kappa shape index (κ2) is 9.63. The van der Waals surface area contributed by atoms with Crippen LogP contribution in [0.3, 0.4) is 0 Å². The quantitative estimate of drug-likeness (QED) is 0.307. The molecule has 0 saturated carbocycles. The van der Waals surface area contributed by atoms with E-state index in [4.69, 9.17) is 9.84 Å². The lowest BCUT2D eigenvalue weighted by atomic mass is 9.98. The van der Waals surface area contributed by atoms with Crippen LogP contribution in [0.5, 0.6) is 0 Å². The lowest BCUT2D eigenvalue weighted by molar-refractivity contribution is -0.250. The number of carboxylic acid groups (broad SMARTS) is 1. The third kappa shape index (κ3) is 4.76. The van der Waals surface area contributed by atoms with E-state index in [0.717, 1.165) is 4.47 Å². The number of aliphatic carboxylic acids is 1. The Labute approximate surface area is 186 Å². The summed E-state index contributed by atoms with van der Waals surface area (Å²) >= 11 is 3.38. The van der Waals surface area contributed by atoms with Crippen LogP contribution in [0.25, 0.3) is 10.9 Å². The van der Waals surface area contributed by atoms with Gasteiger partial charge in [0.2, 0.25) is 5.91 Å². The lowest BCUT2D eigenvalue weighted by Crippen LogP contribution is -2.56. The van der Waals surface area contributed by atoms with Gasteiger partial charge < -0.3 is 40.2 Å². The summed E-state index contributed by atoms with van der Waals surface area (Å²) in [4.78, 5) is 23.7. The minimum Gasteiger partial charge on any atom is -0.480 e. The van der Waals surface area contributed by atoms with Crippen LogP contribution < -0.4 is 5.32 Å². The average molecular weight is 501 g/mol. The Morgan fingerprint density at radius 3 is 2.55 bits per heavy atom. The van der Waals surface area contributed by atoms with Gasteiger partial charge in [0.05, 0.1) is 18.5 Å². The number of aliphatic hydroxyl groups is 4. The zero-order chi connectivity index (χ0) is 22.9. The second-order valence-electron chi connectivity index (χ2n) is 7.49. The van der Waals surface area contributed by atoms with Gasteiger partial charge in [-0.15, -0.1) is 0 Å². The number of carbonyl (C=O) groups is 2. The van der Waals surface area contributed by atoms with E-state index in [2.05, 4.69) is 21.2 Å². The van der Waals surface area contributed by atoms with Crippen molar-refractivity contribution in [3.63, 3.8) is 0 Å². The van der Waals surface area contributed by atoms with Gasteiger partial charge in [0, 0.05) is 16.1 Å². The van der Waals surface area contributed by atoms with Crippen molar-refractivity contribution < 1.29 is 39.9 Å². The predicted octanol–water partition coefficient (Wildman–Crippen LogP) is -0.102. The second-order valence-corrected chi connectivity index (χ2v) is 8.40. The number of amides is 1. The molecular formula is C20H25BrN2O8. The van der Waals surface area contributed by atoms with Crippen molar-refractivity contribution in [1.82, 2.24) is 9.88 Å². The fourth-order valence-electron chi connectivity index (χ4n) is 3.72. The van der Waals surface area contributed by atoms with Gasteiger partial charge in [0.15, 0.2) is 6.23 Å². The maximum Gasteiger partial charge on any atom is 0.326 e. The van der Waals surface area contributed by atoms with Gasteiger partial charge in [-0.25, -0.2) is 4.79 Å². The molecule has 1 aliphatic heterocycles. The van der Waals surface area contributed by atoms with Gasteiger partial charge in [0.1, 0.15) is 30.5 Å². The van der Waals surface area contributed by atoms with Crippen molar-refractivity contribution in [1.29, 1.82) is 0 Å². The monoisotopic (exact) mass is 500 g/mol. The van der Waals surface area contributed by atoms with E-state index in [-0.39, 0.29) is 12.8 Å². The molecule has 1 saturated heterocycles. The first-order valence-corrected chi connectivity index (χ1v) is 10.6. The molecule has 0 unspecified atom stereocenters. The third-order valence-corrected chi connectivity index (χ3v) is 5.90. The third-order valence-electron chi connectivity index (χ3n) is 5.41. The number of hydrogen-bond donors (Lipinski definition) is 6. The molecule has 10 nitrogen and oxygen atoms in total. The number of carboxylic acids is 1. The Morgan fingerprint density at radius 1 is 1.23 bits per heavy atom. The van der Waals surface area contributed by atoms with E-state index < -0.39 is 55.2 Å². The molecule has 6 atom stereocenters. The Morgan fingerprint density at radius 2 is 1.94 bits per heavy atom. The standard InChI is InChI=1S/C20H25BrN2O8/c1-2-12(20(29)30)22-15(25)5-9-7-23(13-4-3-10(21)6-11(9)13)19-18(28)17(27)16(26)14(8-24)31-19/h3-4,6-7,12,14,16-19,24,26-28H,2,5,8H2,1H3,(H,22,25)(H,29,30)/t12-,14-,16-,17+,18-,19-/m1/s1. The number of aromatic nitrogens is 1. The molecule has 1 amide bonds. The summed E-state index contributed by atoms with van der Waals surface area (Å²) in [5.41, 5.74) is 1.13. The van der Waals surface area contributed by atoms with Crippen molar-refractivity contribution >= 4 is 38.7 Å². The van der Waals surface area contributed by atoms with E-state index in [1.807, 2.05) is 0 Å². The first kappa shape index (κ1) is 23.6. The number of nitrogens with one attached hydrogen (secondary N) is 1. The van der Waals surface area contributed by atoms with Crippen molar-refractivity contribution in [2.45, 2.75) is 56.5 Å². The van der Waals surface area contributed by atoms with E-state index >= 15 is 0 Å². The molecule has 11 heteroatoms. The summed E-state index contributed by atoms with van der Waals surface area (Å²) in [6, 6.07) is 4.25. The molecule has 1 fully saturated rings. The molecule has 2 heterocycles. The molecule has 0 bridgehead atoms. The summed E-state index contributed by atoms with van der Waals surface area (Å²) in [7, 11) is 0. The first-order chi connectivity index (χ1) is 14.7. The summed E-state index contributed by atoms with van der Waals surface area (Å²) in [6.45, 7) is 1.09. The van der Waals surface area contributed by atoms with Gasteiger partial charge in [-0.1, -0.05) is 22.9 Å². The molecule has 3 rings (SSSR count). The Kier molecular flexibility index (Phi) is 7.35. The van der Waals surface area contributed by atoms with Crippen molar-refractivity contribution in [3.05, 3.63) is 34.4 Å². The smallest absolute Gasteiger partial charge is 0.326 e. The van der Waals surface area contributed by atoms with Crippen LogP contribution in [0.1, 0.15) is 25.1 Å². The molecular weight excluding hydrogens is 476 g/mol. The SMILES string of the molecule is CC[C@@H](NC(=O)Cc1cn([C@@H]2O[C@H](CO)[C@@H](O)[C@H](O)[C@H]2O)c2ccc(Br)cc12)C(=O)O. The number of ether oxygens (including phenoxy) is 1. The molecule has 1 aromatic heterocycles. The largest absolute Gasteiger partial charge is 0.480 e. The Bertz CT molecular complexity index is 962. The number of carbonyl (C=O) groups excluding carboxylic acids is 1. The van der Waals surface area contributed by atoms with E-state index in [9.17, 15) is 30.0 Å². The van der Waals surface area contributed by atoms with Gasteiger partial charge in [0.25, 0.3) is 0 Å². The number of hydrogen-bond acceptors (Lipinski definition) is 7. The molecule has 0 radical (unpaired) electrons. The van der Waals surface area contributed by atoms with Crippen molar-refractivity contribution in [3.8, 4) is 0 Å². The summed E-state index contributed by atoms with van der Waals surface area (Å²) in [6.07, 6.45) is -5.04. The van der Waals surface area contributed by atoms with Crippen LogP contribution in [0.4, 0.5) is 0 Å². The molecule has 31 heavy (non-hydrogen) atoms. The molecule has 0 aliphatic carbocycles. The van der Waals surface area contributed by atoms with E-state index in [1.54, 1.807) is 31.3 Å². The Hall–Kier alpha value is -2.02. The highest BCUT2D eigenvalue weighted by atomic mass is 79.9. The molecule has 0 spiro atoms. The van der Waals surface area contributed by atoms with Crippen LogP contribution in [0, 0.1) is 0 Å². The highest BCUT2D eigenvalue weighted by Gasteiger charge is 2.44. The lowest BCUT2D eigenvalue weighted by Gasteiger charge is -2.40. The van der Waals surface area contributed by atoms with Gasteiger partial charge in [-0.05, 0) is 30.2 Å². The zero-order valence-corrected chi connectivity index (χ0v) is 18.3. The van der Waals surface area contributed by atoms with Crippen molar-refractivity contribution in [2.75, 3.05) is 6.61 Å². The first-order valence-electron chi connectivity index (χ1n) is 9.79. The van der Waals surface area contributed by atoms with Crippen LogP contribution in [0.15, 0.2) is 28.9 Å². The van der Waals surface area contributed by atoms with E-state index in [1.165, 1.54) is 4.57 Å². The van der Waals surface area contributed by atoms with E-state index in [0.29, 0.717) is 16.5 Å². The average Bonchev–Trinajstić information content (AvgIpc) is 3.07. The van der Waals surface area contributed by atoms with Gasteiger partial charge in [-0.2, -0.15) is 0 Å². The molecule has 1 aromatic carbocycles. The maximum atomic E-state index is 12.5. The fourth-order valence-corrected chi connectivity index (χ4v) is 4.08. The topological polar surface area (TPSA) is 161 Å². The number of nitrogens with zero attached hydrogens (tertiary/aromatic N) is 1. The van der Waals surface area contributed by atoms with Gasteiger partial charge in [-0.3, -0.25) is 4.79 Å². The van der Waals surface area contributed by atoms with Crippen LogP contribution in [0.2, 0.25) is 0 Å². The normalized spacial score (nSPS) is 27.2. The van der Waals surface area contributed by atoms with Gasteiger partial charge >= 0.3 is 5.97 Å². The maximum absolute atomic E-state index is 12.5. The summed E-state index contributed by atoms with van der Waals surface area (Å²) in [5.74, 6) is -1.61. The highest BCUT2D eigenvalue weighted by molar-refractivity contribution is 9.10. The Balaban J connectivity index is 1.97. The minimum atomic E-state index is -1.54. The predicted molar refractivity (Wildman–Crippen MR) is 112 cm³/mol. The molecule has 2 aromatic rings. The van der Waals surface area contributed by atoms with Crippen LogP contribution in [-0.2, 0) is 20.7 Å². The summed E-state index contributed by atoms with van der Waals surface area (Å²) < 4.78 is 7.92. The number of benzene rings is 1. The number of halogens is 1. The summed E-state index contributed by atoms with van der Waals surface area (Å²) in [5, 5.41) is 52.4. The molecule has 6 N–H and O–H groups in total. The van der Waals surface area contributed by atoms with Crippen LogP contribution in [-0.4, -0.2) is 79.0 Å². The fraction of sp³-hybridized carbons (Fsp3) is 0.500. The highest BCUT2D eigenvalue weighted by Crippen LogP contribution is 2.34. The number of fused-ring (bicyclic) bond motifs is 1. The number of rotatable bonds is 7. The minimum absolute atomic E-state index is 0.124. The van der Waals surface area contributed by atoms with Crippen LogP contribution >= 0.6 is 15.9 Å². The molecule has 170 valence electrons.